The summed E-state index contributed by atoms with van der Waals surface area (Å²) in [5.41, 5.74) is 11.0. The van der Waals surface area contributed by atoms with Crippen molar-refractivity contribution in [3.05, 3.63) is 69.9 Å². The molecule has 1 aliphatic heterocycles. The van der Waals surface area contributed by atoms with Crippen molar-refractivity contribution >= 4 is 17.6 Å². The molecule has 1 aliphatic rings. The van der Waals surface area contributed by atoms with E-state index in [2.05, 4.69) is 83.7 Å². The predicted octanol–water partition coefficient (Wildman–Crippen LogP) is 4.75. The fraction of sp³-hybridized carbons (Fsp3) is 0.286. The van der Waals surface area contributed by atoms with Gasteiger partial charge in [-0.15, -0.1) is 0 Å². The normalized spacial score (nSPS) is 14.0. The summed E-state index contributed by atoms with van der Waals surface area (Å²) in [7, 11) is 0. The lowest BCUT2D eigenvalue weighted by Crippen LogP contribution is -2.09. The summed E-state index contributed by atoms with van der Waals surface area (Å²) in [6.07, 6.45) is 2.09. The third kappa shape index (κ3) is 2.86. The summed E-state index contributed by atoms with van der Waals surface area (Å²) in [6.45, 7) is 16.0. The van der Waals surface area contributed by atoms with Crippen molar-refractivity contribution in [2.24, 2.45) is 4.99 Å². The number of nitrogens with zero attached hydrogens (tertiary/aromatic N) is 2. The second-order valence-corrected chi connectivity index (χ2v) is 6.62. The Hall–Kier alpha value is -2.22. The van der Waals surface area contributed by atoms with Crippen LogP contribution < -0.4 is 0 Å². The van der Waals surface area contributed by atoms with Gasteiger partial charge in [-0.2, -0.15) is 9.57 Å². The third-order valence-electron chi connectivity index (χ3n) is 4.34. The Balaban J connectivity index is 2.05. The van der Waals surface area contributed by atoms with Crippen LogP contribution in [0.3, 0.4) is 0 Å². The first-order chi connectivity index (χ1) is 10.9. The van der Waals surface area contributed by atoms with Crippen molar-refractivity contribution in [1.29, 1.82) is 0 Å². The Morgan fingerprint density at radius 3 is 1.74 bits per heavy atom. The molecule has 1 heterocycles. The fourth-order valence-corrected chi connectivity index (χ4v) is 3.66. The zero-order valence-corrected chi connectivity index (χ0v) is 14.8. The van der Waals surface area contributed by atoms with Gasteiger partial charge in [0.25, 0.3) is 0 Å². The molecule has 0 saturated carbocycles. The van der Waals surface area contributed by atoms with Crippen molar-refractivity contribution in [2.75, 3.05) is 0 Å². The van der Waals surface area contributed by atoms with E-state index in [1.54, 1.807) is 0 Å². The zero-order valence-electron chi connectivity index (χ0n) is 14.8. The van der Waals surface area contributed by atoms with E-state index in [-0.39, 0.29) is 0 Å². The molecule has 0 aliphatic carbocycles. The highest BCUT2D eigenvalue weighted by atomic mass is 15.1. The zero-order chi connectivity index (χ0) is 16.7. The van der Waals surface area contributed by atoms with Gasteiger partial charge >= 0.3 is 6.67 Å². The first-order valence-corrected chi connectivity index (χ1v) is 8.00. The summed E-state index contributed by atoms with van der Waals surface area (Å²) in [4.78, 5) is 4.56. The van der Waals surface area contributed by atoms with Crippen LogP contribution in [-0.2, 0) is 0 Å². The first kappa shape index (κ1) is 15.7. The Morgan fingerprint density at radius 1 is 0.739 bits per heavy atom. The van der Waals surface area contributed by atoms with Gasteiger partial charge in [0.15, 0.2) is 6.21 Å². The number of hydrogen-bond donors (Lipinski definition) is 0. The molecule has 0 bridgehead atoms. The third-order valence-corrected chi connectivity index (χ3v) is 4.34. The van der Waals surface area contributed by atoms with Crippen molar-refractivity contribution in [1.82, 2.24) is 0 Å². The maximum absolute atomic E-state index is 4.56. The SMILES string of the molecule is Cc1cc(C)c(C2=N[C][N+](c3c(C)cc(C)cc3C)=C2)c(C)c1. The van der Waals surface area contributed by atoms with E-state index in [4.69, 9.17) is 0 Å². The standard InChI is InChI=1S/C21H23N2/c1-13-7-15(3)20(16(4)8-13)19-11-23(12-22-19)21-17(5)9-14(2)10-18(21)6/h7-11H,1-6H3/q+1. The van der Waals surface area contributed by atoms with Crippen molar-refractivity contribution < 1.29 is 4.58 Å². The Morgan fingerprint density at radius 2 is 1.22 bits per heavy atom. The minimum Gasteiger partial charge on any atom is -0.190 e. The van der Waals surface area contributed by atoms with Gasteiger partial charge in [0.05, 0.1) is 0 Å². The Bertz CT molecular complexity index is 808. The average molecular weight is 303 g/mol. The molecule has 2 radical (unpaired) electrons. The lowest BCUT2D eigenvalue weighted by Gasteiger charge is -2.08. The van der Waals surface area contributed by atoms with Crippen LogP contribution in [0, 0.1) is 48.2 Å². The van der Waals surface area contributed by atoms with Gasteiger partial charge < -0.3 is 0 Å². The summed E-state index contributed by atoms with van der Waals surface area (Å²) in [5.74, 6) is 0. The molecule has 0 aromatic heterocycles. The lowest BCUT2D eigenvalue weighted by atomic mass is 9.96. The van der Waals surface area contributed by atoms with E-state index in [1.807, 2.05) is 4.58 Å². The number of aliphatic imine (C=N–C) groups is 1. The monoisotopic (exact) mass is 303 g/mol. The summed E-state index contributed by atoms with van der Waals surface area (Å²) in [5, 5.41) is 0. The van der Waals surface area contributed by atoms with Crippen LogP contribution >= 0.6 is 0 Å². The number of rotatable bonds is 2. The Labute approximate surface area is 139 Å². The van der Waals surface area contributed by atoms with Gasteiger partial charge in [0.2, 0.25) is 5.69 Å². The second kappa shape index (κ2) is 5.77. The molecule has 0 fully saturated rings. The van der Waals surface area contributed by atoms with Gasteiger partial charge in [0.1, 0.15) is 5.71 Å². The number of aryl methyl sites for hydroxylation is 6. The molecule has 2 heteroatoms. The molecule has 116 valence electrons. The molecule has 0 amide bonds. The summed E-state index contributed by atoms with van der Waals surface area (Å²) >= 11 is 0. The van der Waals surface area contributed by atoms with Crippen LogP contribution in [0.1, 0.15) is 38.9 Å². The van der Waals surface area contributed by atoms with E-state index in [0.29, 0.717) is 0 Å². The molecule has 2 aromatic rings. The minimum absolute atomic E-state index is 0.986. The lowest BCUT2D eigenvalue weighted by molar-refractivity contribution is -0.385. The minimum atomic E-state index is 0.986. The molecular weight excluding hydrogens is 280 g/mol. The first-order valence-electron chi connectivity index (χ1n) is 8.00. The topological polar surface area (TPSA) is 15.4 Å². The number of hydrogen-bond acceptors (Lipinski definition) is 1. The van der Waals surface area contributed by atoms with E-state index in [0.717, 1.165) is 5.71 Å². The van der Waals surface area contributed by atoms with E-state index in [9.17, 15) is 0 Å². The van der Waals surface area contributed by atoms with E-state index >= 15 is 0 Å². The van der Waals surface area contributed by atoms with E-state index < -0.39 is 0 Å². The molecule has 3 rings (SSSR count). The Kier molecular flexibility index (Phi) is 3.93. The van der Waals surface area contributed by atoms with E-state index in [1.165, 1.54) is 44.6 Å². The van der Waals surface area contributed by atoms with Crippen LogP contribution in [0.5, 0.6) is 0 Å². The molecule has 2 aromatic carbocycles. The molecule has 2 nitrogen and oxygen atoms in total. The molecule has 0 saturated heterocycles. The maximum atomic E-state index is 4.56. The predicted molar refractivity (Wildman–Crippen MR) is 97.1 cm³/mol. The molecule has 0 unspecified atom stereocenters. The highest BCUT2D eigenvalue weighted by Crippen LogP contribution is 2.28. The fourth-order valence-electron chi connectivity index (χ4n) is 3.66. The van der Waals surface area contributed by atoms with Gasteiger partial charge in [-0.1, -0.05) is 23.3 Å². The molecule has 0 atom stereocenters. The van der Waals surface area contributed by atoms with Crippen molar-refractivity contribution in [3.8, 4) is 0 Å². The molecule has 0 spiro atoms. The molecule has 0 N–H and O–H groups in total. The van der Waals surface area contributed by atoms with Crippen LogP contribution in [0.4, 0.5) is 5.69 Å². The van der Waals surface area contributed by atoms with Crippen LogP contribution in [0.25, 0.3) is 0 Å². The quantitative estimate of drug-likeness (QED) is 0.711. The number of benzene rings is 2. The highest BCUT2D eigenvalue weighted by Gasteiger charge is 2.27. The van der Waals surface area contributed by atoms with Crippen molar-refractivity contribution in [2.45, 2.75) is 41.5 Å². The van der Waals surface area contributed by atoms with Crippen molar-refractivity contribution in [3.63, 3.8) is 0 Å². The highest BCUT2D eigenvalue weighted by molar-refractivity contribution is 6.38. The van der Waals surface area contributed by atoms with Gasteiger partial charge in [-0.3, -0.25) is 0 Å². The largest absolute Gasteiger partial charge is 0.458 e. The van der Waals surface area contributed by atoms with Gasteiger partial charge in [-0.25, -0.2) is 0 Å². The van der Waals surface area contributed by atoms with Crippen LogP contribution in [-0.4, -0.2) is 16.5 Å². The maximum Gasteiger partial charge on any atom is 0.458 e. The smallest absolute Gasteiger partial charge is 0.190 e. The van der Waals surface area contributed by atoms with Crippen LogP contribution in [0.15, 0.2) is 29.3 Å². The molecule has 23 heavy (non-hydrogen) atoms. The van der Waals surface area contributed by atoms with Gasteiger partial charge in [0, 0.05) is 16.7 Å². The summed E-state index contributed by atoms with van der Waals surface area (Å²) in [6, 6.07) is 8.84. The summed E-state index contributed by atoms with van der Waals surface area (Å²) < 4.78 is 2.03. The average Bonchev–Trinajstić information content (AvgIpc) is 2.85. The molecular formula is C21H23N2+. The van der Waals surface area contributed by atoms with Crippen LogP contribution in [0.2, 0.25) is 0 Å². The second-order valence-electron chi connectivity index (χ2n) is 6.62. The van der Waals surface area contributed by atoms with Gasteiger partial charge in [-0.05, 0) is 64.8 Å².